The van der Waals surface area contributed by atoms with Gasteiger partial charge in [-0.3, -0.25) is 4.99 Å². The molecular weight excluding hydrogens is 212 g/mol. The molecule has 1 aromatic heterocycles. The molecule has 0 saturated heterocycles. The van der Waals surface area contributed by atoms with E-state index in [9.17, 15) is 5.11 Å². The molecule has 1 aliphatic heterocycles. The topological polar surface area (TPSA) is 58.6 Å². The second kappa shape index (κ2) is 3.50. The van der Waals surface area contributed by atoms with Crippen LogP contribution in [0.2, 0.25) is 0 Å². The molecule has 0 amide bonds. The average Bonchev–Trinajstić information content (AvgIpc) is 2.70. The van der Waals surface area contributed by atoms with Crippen molar-refractivity contribution in [2.24, 2.45) is 4.99 Å². The molecule has 2 heterocycles. The fourth-order valence-corrected chi connectivity index (χ4v) is 2.34. The molecule has 0 fully saturated rings. The van der Waals surface area contributed by atoms with E-state index in [4.69, 9.17) is 4.42 Å². The summed E-state index contributed by atoms with van der Waals surface area (Å²) in [5.74, 6) is 0.410. The van der Waals surface area contributed by atoms with Crippen LogP contribution in [0.15, 0.2) is 27.2 Å². The van der Waals surface area contributed by atoms with E-state index in [1.807, 2.05) is 5.41 Å². The zero-order chi connectivity index (χ0) is 10.9. The van der Waals surface area contributed by atoms with Crippen molar-refractivity contribution in [2.45, 2.75) is 24.2 Å². The molecule has 1 N–H and O–H groups in total. The Balaban J connectivity index is 2.50. The zero-order valence-electron chi connectivity index (χ0n) is 8.47. The van der Waals surface area contributed by atoms with E-state index in [1.165, 1.54) is 18.0 Å². The summed E-state index contributed by atoms with van der Waals surface area (Å²) >= 11 is 1.42. The Bertz CT molecular complexity index is 392. The lowest BCUT2D eigenvalue weighted by molar-refractivity contribution is 0.0516. The molecule has 0 saturated carbocycles. The van der Waals surface area contributed by atoms with Gasteiger partial charge in [0.25, 0.3) is 0 Å². The quantitative estimate of drug-likeness (QED) is 0.829. The lowest BCUT2D eigenvalue weighted by Gasteiger charge is -2.36. The minimum Gasteiger partial charge on any atom is -0.435 e. The normalized spacial score (nSPS) is 25.8. The molecule has 15 heavy (non-hydrogen) atoms. The maximum atomic E-state index is 10.2. The van der Waals surface area contributed by atoms with Crippen LogP contribution in [-0.2, 0) is 4.75 Å². The molecule has 0 spiro atoms. The van der Waals surface area contributed by atoms with Crippen LogP contribution in [0.25, 0.3) is 0 Å². The van der Waals surface area contributed by atoms with E-state index < -0.39 is 10.3 Å². The van der Waals surface area contributed by atoms with Gasteiger partial charge in [-0.2, -0.15) is 0 Å². The Labute approximate surface area is 92.1 Å². The van der Waals surface area contributed by atoms with Crippen LogP contribution in [0.1, 0.15) is 19.7 Å². The second-order valence-corrected chi connectivity index (χ2v) is 4.91. The van der Waals surface area contributed by atoms with Crippen LogP contribution >= 0.6 is 11.8 Å². The van der Waals surface area contributed by atoms with Gasteiger partial charge >= 0.3 is 0 Å². The van der Waals surface area contributed by atoms with E-state index in [-0.39, 0.29) is 0 Å². The van der Waals surface area contributed by atoms with Crippen LogP contribution < -0.4 is 0 Å². The molecule has 1 unspecified atom stereocenters. The summed E-state index contributed by atoms with van der Waals surface area (Å²) in [6.07, 6.45) is 7.29. The molecule has 0 bridgehead atoms. The number of oxazole rings is 1. The van der Waals surface area contributed by atoms with Gasteiger partial charge in [-0.25, -0.2) is 4.98 Å². The predicted octanol–water partition coefficient (Wildman–Crippen LogP) is 1.73. The highest BCUT2D eigenvalue weighted by Crippen LogP contribution is 2.45. The van der Waals surface area contributed by atoms with Crippen LogP contribution in [0.4, 0.5) is 0 Å². The summed E-state index contributed by atoms with van der Waals surface area (Å²) < 4.78 is 4.38. The van der Waals surface area contributed by atoms with Crippen molar-refractivity contribution in [1.82, 2.24) is 4.98 Å². The van der Waals surface area contributed by atoms with Crippen LogP contribution in [0, 0.1) is 6.26 Å². The first-order valence-electron chi connectivity index (χ1n) is 4.48. The summed E-state index contributed by atoms with van der Waals surface area (Å²) in [5, 5.41) is 12.0. The van der Waals surface area contributed by atoms with E-state index in [0.29, 0.717) is 5.89 Å². The maximum absolute atomic E-state index is 10.2. The third kappa shape index (κ3) is 1.61. The van der Waals surface area contributed by atoms with Gasteiger partial charge in [0.15, 0.2) is 11.0 Å². The summed E-state index contributed by atoms with van der Waals surface area (Å²) in [7, 11) is 0. The Kier molecular flexibility index (Phi) is 2.44. The first-order valence-corrected chi connectivity index (χ1v) is 5.36. The third-order valence-corrected chi connectivity index (χ3v) is 3.68. The van der Waals surface area contributed by atoms with Crippen molar-refractivity contribution in [3.8, 4) is 0 Å². The highest BCUT2D eigenvalue weighted by molar-refractivity contribution is 8.03. The van der Waals surface area contributed by atoms with Crippen LogP contribution in [0.5, 0.6) is 0 Å². The monoisotopic (exact) mass is 223 g/mol. The SMILES string of the molecule is CC(C)(O)C1(c2nc[c]o2)C=NC=CS1. The molecule has 0 aromatic carbocycles. The van der Waals surface area contributed by atoms with Gasteiger partial charge in [-0.1, -0.05) is 0 Å². The first kappa shape index (κ1) is 10.4. The van der Waals surface area contributed by atoms with E-state index in [1.54, 1.807) is 26.3 Å². The fourth-order valence-electron chi connectivity index (χ4n) is 1.39. The molecule has 0 aliphatic carbocycles. The van der Waals surface area contributed by atoms with E-state index in [0.717, 1.165) is 0 Å². The van der Waals surface area contributed by atoms with Crippen molar-refractivity contribution < 1.29 is 9.52 Å². The van der Waals surface area contributed by atoms with Gasteiger partial charge < -0.3 is 9.52 Å². The number of aromatic nitrogens is 1. The number of hydrogen-bond donors (Lipinski definition) is 1. The largest absolute Gasteiger partial charge is 0.435 e. The smallest absolute Gasteiger partial charge is 0.220 e. The fraction of sp³-hybridized carbons (Fsp3) is 0.400. The van der Waals surface area contributed by atoms with E-state index >= 15 is 0 Å². The van der Waals surface area contributed by atoms with Crippen molar-refractivity contribution in [1.29, 1.82) is 0 Å². The molecule has 1 aliphatic rings. The Morgan fingerprint density at radius 2 is 2.40 bits per heavy atom. The molecule has 5 heteroatoms. The van der Waals surface area contributed by atoms with Gasteiger partial charge in [0.2, 0.25) is 5.89 Å². The number of thioether (sulfide) groups is 1. The van der Waals surface area contributed by atoms with Gasteiger partial charge in [0.05, 0.1) is 11.8 Å². The summed E-state index contributed by atoms with van der Waals surface area (Å²) in [6.45, 7) is 3.41. The molecule has 1 radical (unpaired) electrons. The Morgan fingerprint density at radius 3 is 2.87 bits per heavy atom. The summed E-state index contributed by atoms with van der Waals surface area (Å²) in [4.78, 5) is 8.10. The van der Waals surface area contributed by atoms with E-state index in [2.05, 4.69) is 16.2 Å². The van der Waals surface area contributed by atoms with Crippen molar-refractivity contribution in [3.05, 3.63) is 30.0 Å². The Hall–Kier alpha value is -1.07. The van der Waals surface area contributed by atoms with Gasteiger partial charge in [-0.05, 0) is 19.3 Å². The summed E-state index contributed by atoms with van der Waals surface area (Å²) in [6, 6.07) is 0. The van der Waals surface area contributed by atoms with Crippen molar-refractivity contribution in [3.63, 3.8) is 0 Å². The molecule has 1 aromatic rings. The maximum Gasteiger partial charge on any atom is 0.220 e. The lowest BCUT2D eigenvalue weighted by Crippen LogP contribution is -2.46. The van der Waals surface area contributed by atoms with Crippen LogP contribution in [0.3, 0.4) is 0 Å². The highest BCUT2D eigenvalue weighted by atomic mass is 32.2. The third-order valence-electron chi connectivity index (χ3n) is 2.27. The van der Waals surface area contributed by atoms with Crippen molar-refractivity contribution in [2.75, 3.05) is 0 Å². The number of nitrogens with zero attached hydrogens (tertiary/aromatic N) is 2. The number of aliphatic imine (C=N–C) groups is 1. The number of aliphatic hydroxyl groups is 1. The second-order valence-electron chi connectivity index (χ2n) is 3.76. The van der Waals surface area contributed by atoms with Crippen LogP contribution in [-0.4, -0.2) is 21.9 Å². The van der Waals surface area contributed by atoms with Gasteiger partial charge in [0.1, 0.15) is 0 Å². The lowest BCUT2D eigenvalue weighted by atomic mass is 9.90. The molecule has 79 valence electrons. The molecule has 1 atom stereocenters. The number of hydrogen-bond acceptors (Lipinski definition) is 5. The average molecular weight is 223 g/mol. The number of rotatable bonds is 2. The zero-order valence-corrected chi connectivity index (χ0v) is 9.28. The standard InChI is InChI=1S/C10H11N2O2S/c1-9(2,13)10(7-11-4-6-15-10)8-12-3-5-14-8/h3-4,6-7,13H,1-2H3. The molecule has 2 rings (SSSR count). The molecular formula is C10H11N2O2S. The summed E-state index contributed by atoms with van der Waals surface area (Å²) in [5.41, 5.74) is -1.02. The Morgan fingerprint density at radius 1 is 1.60 bits per heavy atom. The highest BCUT2D eigenvalue weighted by Gasteiger charge is 2.49. The minimum absolute atomic E-state index is 0.410. The van der Waals surface area contributed by atoms with Gasteiger partial charge in [0, 0.05) is 12.4 Å². The molecule has 4 nitrogen and oxygen atoms in total. The minimum atomic E-state index is -1.02. The first-order chi connectivity index (χ1) is 7.06. The van der Waals surface area contributed by atoms with Crippen molar-refractivity contribution >= 4 is 18.0 Å². The predicted molar refractivity (Wildman–Crippen MR) is 58.5 cm³/mol. The van der Waals surface area contributed by atoms with Gasteiger partial charge in [-0.15, -0.1) is 11.8 Å².